The van der Waals surface area contributed by atoms with E-state index in [2.05, 4.69) is 0 Å². The van der Waals surface area contributed by atoms with Crippen molar-refractivity contribution in [1.29, 1.82) is 0 Å². The minimum Gasteiger partial charge on any atom is -0.496 e. The van der Waals surface area contributed by atoms with Crippen LogP contribution in [0.4, 0.5) is 5.69 Å². The van der Waals surface area contributed by atoms with E-state index in [4.69, 9.17) is 15.7 Å². The molecule has 0 saturated heterocycles. The summed E-state index contributed by atoms with van der Waals surface area (Å²) in [5, 5.41) is 8.82. The first-order chi connectivity index (χ1) is 10.8. The molecule has 0 heterocycles. The van der Waals surface area contributed by atoms with Gasteiger partial charge in [-0.15, -0.1) is 0 Å². The Morgan fingerprint density at radius 1 is 1.26 bits per heavy atom. The molecule has 8 heteroatoms. The molecule has 0 saturated carbocycles. The van der Waals surface area contributed by atoms with Crippen LogP contribution in [0.3, 0.4) is 0 Å². The Hall–Kier alpha value is -2.58. The molecule has 0 spiro atoms. The van der Waals surface area contributed by atoms with E-state index in [-0.39, 0.29) is 26.8 Å². The molecule has 0 atom stereocenters. The monoisotopic (exact) mass is 336 g/mol. The Balaban J connectivity index is 2.71. The van der Waals surface area contributed by atoms with E-state index in [0.29, 0.717) is 0 Å². The number of nitrogen functional groups attached to an aromatic ring is 1. The van der Waals surface area contributed by atoms with Crippen molar-refractivity contribution in [3.8, 4) is 5.75 Å². The summed E-state index contributed by atoms with van der Waals surface area (Å²) in [7, 11) is -2.62. The van der Waals surface area contributed by atoms with Gasteiger partial charge in [0, 0.05) is 0 Å². The van der Waals surface area contributed by atoms with Crippen LogP contribution in [0, 0.1) is 6.92 Å². The minimum absolute atomic E-state index is 0.0530. The normalized spacial score (nSPS) is 11.1. The van der Waals surface area contributed by atoms with E-state index in [1.165, 1.54) is 36.9 Å². The maximum absolute atomic E-state index is 12.8. The molecule has 0 aliphatic carbocycles. The third kappa shape index (κ3) is 2.99. The molecule has 0 aromatic heterocycles. The summed E-state index contributed by atoms with van der Waals surface area (Å²) < 4.78 is 30.5. The van der Waals surface area contributed by atoms with Crippen LogP contribution in [0.5, 0.6) is 5.75 Å². The first kappa shape index (κ1) is 16.8. The van der Waals surface area contributed by atoms with Crippen LogP contribution in [0.2, 0.25) is 0 Å². The van der Waals surface area contributed by atoms with Gasteiger partial charge in [-0.3, -0.25) is 10.0 Å². The molecule has 2 rings (SSSR count). The molecule has 1 amide bonds. The topological polar surface area (TPSA) is 119 Å². The van der Waals surface area contributed by atoms with Gasteiger partial charge in [-0.2, -0.15) is 0 Å². The Kier molecular flexibility index (Phi) is 4.57. The van der Waals surface area contributed by atoms with Crippen molar-refractivity contribution >= 4 is 21.4 Å². The molecule has 0 unspecified atom stereocenters. The quantitative estimate of drug-likeness (QED) is 0.443. The second-order valence-electron chi connectivity index (χ2n) is 4.82. The predicted octanol–water partition coefficient (Wildman–Crippen LogP) is 1.54. The largest absolute Gasteiger partial charge is 0.496 e. The lowest BCUT2D eigenvalue weighted by atomic mass is 10.1. The summed E-state index contributed by atoms with van der Waals surface area (Å²) in [5.74, 6) is -0.905. The summed E-state index contributed by atoms with van der Waals surface area (Å²) in [6.07, 6.45) is 0. The highest BCUT2D eigenvalue weighted by molar-refractivity contribution is 7.91. The number of sulfone groups is 1. The summed E-state index contributed by atoms with van der Waals surface area (Å²) in [4.78, 5) is 11.6. The summed E-state index contributed by atoms with van der Waals surface area (Å²) >= 11 is 0. The molecule has 7 nitrogen and oxygen atoms in total. The molecule has 2 aromatic carbocycles. The standard InChI is InChI=1S/C15H16N2O5S/c1-9-4-3-5-10(8-9)23(20,21)12-7-6-11(22-2)13(14(12)16)15(18)17-19/h3-8,19H,16H2,1-2H3,(H,17,18). The zero-order valence-corrected chi connectivity index (χ0v) is 13.3. The lowest BCUT2D eigenvalue weighted by molar-refractivity contribution is 0.0704. The maximum atomic E-state index is 12.8. The van der Waals surface area contributed by atoms with Crippen molar-refractivity contribution in [3.63, 3.8) is 0 Å². The van der Waals surface area contributed by atoms with E-state index in [0.717, 1.165) is 5.56 Å². The second kappa shape index (κ2) is 6.27. The SMILES string of the molecule is COc1ccc(S(=O)(=O)c2cccc(C)c2)c(N)c1C(=O)NO. The fraction of sp³-hybridized carbons (Fsp3) is 0.133. The van der Waals surface area contributed by atoms with Crippen molar-refractivity contribution in [2.24, 2.45) is 0 Å². The van der Waals surface area contributed by atoms with Gasteiger partial charge in [-0.05, 0) is 36.8 Å². The van der Waals surface area contributed by atoms with E-state index in [1.807, 2.05) is 0 Å². The average Bonchev–Trinajstić information content (AvgIpc) is 2.53. The van der Waals surface area contributed by atoms with Gasteiger partial charge in [0.15, 0.2) is 0 Å². The number of methoxy groups -OCH3 is 1. The van der Waals surface area contributed by atoms with Crippen LogP contribution >= 0.6 is 0 Å². The second-order valence-corrected chi connectivity index (χ2v) is 6.73. The van der Waals surface area contributed by atoms with Gasteiger partial charge in [0.05, 0.1) is 22.6 Å². The Morgan fingerprint density at radius 3 is 2.52 bits per heavy atom. The molecule has 0 bridgehead atoms. The van der Waals surface area contributed by atoms with Gasteiger partial charge in [0.2, 0.25) is 9.84 Å². The van der Waals surface area contributed by atoms with Gasteiger partial charge < -0.3 is 10.5 Å². The number of hydrogen-bond acceptors (Lipinski definition) is 6. The Labute approximate surface area is 133 Å². The van der Waals surface area contributed by atoms with Crippen LogP contribution in [0.15, 0.2) is 46.2 Å². The molecule has 23 heavy (non-hydrogen) atoms. The van der Waals surface area contributed by atoms with Crippen molar-refractivity contribution in [2.75, 3.05) is 12.8 Å². The highest BCUT2D eigenvalue weighted by Gasteiger charge is 2.26. The number of hydrogen-bond donors (Lipinski definition) is 3. The molecule has 122 valence electrons. The number of aryl methyl sites for hydroxylation is 1. The fourth-order valence-electron chi connectivity index (χ4n) is 2.18. The van der Waals surface area contributed by atoms with E-state index >= 15 is 0 Å². The van der Waals surface area contributed by atoms with Gasteiger partial charge in [-0.25, -0.2) is 13.9 Å². The Bertz CT molecular complexity index is 862. The summed E-state index contributed by atoms with van der Waals surface area (Å²) in [6, 6.07) is 8.90. The number of ether oxygens (including phenoxy) is 1. The van der Waals surface area contributed by atoms with Gasteiger partial charge in [0.25, 0.3) is 5.91 Å². The van der Waals surface area contributed by atoms with E-state index in [9.17, 15) is 13.2 Å². The van der Waals surface area contributed by atoms with Gasteiger partial charge in [0.1, 0.15) is 11.3 Å². The van der Waals surface area contributed by atoms with Crippen molar-refractivity contribution in [2.45, 2.75) is 16.7 Å². The highest BCUT2D eigenvalue weighted by Crippen LogP contribution is 2.33. The average molecular weight is 336 g/mol. The van der Waals surface area contributed by atoms with Crippen LogP contribution in [-0.4, -0.2) is 26.6 Å². The molecule has 0 aliphatic rings. The fourth-order valence-corrected chi connectivity index (χ4v) is 3.68. The first-order valence-corrected chi connectivity index (χ1v) is 8.04. The number of carbonyl (C=O) groups excluding carboxylic acids is 1. The van der Waals surface area contributed by atoms with E-state index < -0.39 is 15.7 Å². The first-order valence-electron chi connectivity index (χ1n) is 6.55. The van der Waals surface area contributed by atoms with Crippen LogP contribution < -0.4 is 16.0 Å². The summed E-state index contributed by atoms with van der Waals surface area (Å²) in [6.45, 7) is 1.76. The van der Waals surface area contributed by atoms with Crippen LogP contribution in [-0.2, 0) is 9.84 Å². The number of nitrogens with one attached hydrogen (secondary N) is 1. The smallest absolute Gasteiger partial charge is 0.280 e. The minimum atomic E-state index is -3.92. The third-order valence-corrected chi connectivity index (χ3v) is 5.11. The highest BCUT2D eigenvalue weighted by atomic mass is 32.2. The number of benzene rings is 2. The van der Waals surface area contributed by atoms with Crippen LogP contribution in [0.1, 0.15) is 15.9 Å². The zero-order valence-electron chi connectivity index (χ0n) is 12.5. The van der Waals surface area contributed by atoms with Crippen molar-refractivity contribution in [1.82, 2.24) is 5.48 Å². The number of amides is 1. The number of nitrogens with two attached hydrogens (primary N) is 1. The summed E-state index contributed by atoms with van der Waals surface area (Å²) in [5.41, 5.74) is 7.53. The van der Waals surface area contributed by atoms with Gasteiger partial charge in [-0.1, -0.05) is 12.1 Å². The predicted molar refractivity (Wildman–Crippen MR) is 83.3 cm³/mol. The van der Waals surface area contributed by atoms with Crippen molar-refractivity contribution < 1.29 is 23.2 Å². The molecule has 0 aliphatic heterocycles. The molecule has 2 aromatic rings. The number of carbonyl (C=O) groups is 1. The number of hydroxylamine groups is 1. The third-order valence-electron chi connectivity index (χ3n) is 3.31. The molecular weight excluding hydrogens is 320 g/mol. The number of rotatable bonds is 4. The molecular formula is C15H16N2O5S. The van der Waals surface area contributed by atoms with Crippen LogP contribution in [0.25, 0.3) is 0 Å². The molecule has 0 radical (unpaired) electrons. The lowest BCUT2D eigenvalue weighted by Gasteiger charge is -2.14. The van der Waals surface area contributed by atoms with Crippen molar-refractivity contribution in [3.05, 3.63) is 47.5 Å². The zero-order chi connectivity index (χ0) is 17.2. The number of anilines is 1. The lowest BCUT2D eigenvalue weighted by Crippen LogP contribution is -2.22. The van der Waals surface area contributed by atoms with E-state index in [1.54, 1.807) is 19.1 Å². The molecule has 0 fully saturated rings. The molecule has 4 N–H and O–H groups in total. The maximum Gasteiger partial charge on any atom is 0.280 e. The van der Waals surface area contributed by atoms with Gasteiger partial charge >= 0.3 is 0 Å². The Morgan fingerprint density at radius 2 is 1.96 bits per heavy atom.